The Labute approximate surface area is 90.3 Å². The van der Waals surface area contributed by atoms with Crippen molar-refractivity contribution in [2.45, 2.75) is 25.8 Å². The third-order valence-electron chi connectivity index (χ3n) is 2.25. The predicted octanol–water partition coefficient (Wildman–Crippen LogP) is 2.31. The lowest BCUT2D eigenvalue weighted by Gasteiger charge is -2.15. The van der Waals surface area contributed by atoms with Crippen molar-refractivity contribution in [3.05, 3.63) is 22.4 Å². The molecule has 3 heteroatoms. The van der Waals surface area contributed by atoms with Gasteiger partial charge in [-0.25, -0.2) is 0 Å². The minimum atomic E-state index is 0.500. The van der Waals surface area contributed by atoms with Gasteiger partial charge in [0.1, 0.15) is 0 Å². The van der Waals surface area contributed by atoms with E-state index in [-0.39, 0.29) is 0 Å². The van der Waals surface area contributed by atoms with Crippen molar-refractivity contribution in [3.8, 4) is 0 Å². The Balaban J connectivity index is 2.13. The zero-order chi connectivity index (χ0) is 10.2. The van der Waals surface area contributed by atoms with Crippen LogP contribution in [0.25, 0.3) is 0 Å². The van der Waals surface area contributed by atoms with Gasteiger partial charge in [-0.15, -0.1) is 11.3 Å². The van der Waals surface area contributed by atoms with Crippen LogP contribution in [0.1, 0.15) is 18.2 Å². The van der Waals surface area contributed by atoms with Gasteiger partial charge < -0.3 is 10.1 Å². The van der Waals surface area contributed by atoms with Gasteiger partial charge >= 0.3 is 0 Å². The summed E-state index contributed by atoms with van der Waals surface area (Å²) >= 11 is 1.82. The Kier molecular flexibility index (Phi) is 5.83. The van der Waals surface area contributed by atoms with Gasteiger partial charge in [-0.1, -0.05) is 13.0 Å². The summed E-state index contributed by atoms with van der Waals surface area (Å²) in [5.41, 5.74) is 0. The average molecular weight is 213 g/mol. The van der Waals surface area contributed by atoms with E-state index in [4.69, 9.17) is 4.74 Å². The molecule has 0 aromatic carbocycles. The first kappa shape index (κ1) is 11.7. The second-order valence-electron chi connectivity index (χ2n) is 3.34. The molecule has 0 aliphatic heterocycles. The van der Waals surface area contributed by atoms with E-state index in [1.807, 2.05) is 11.3 Å². The Morgan fingerprint density at radius 1 is 1.57 bits per heavy atom. The highest BCUT2D eigenvalue weighted by Crippen LogP contribution is 2.08. The fourth-order valence-electron chi connectivity index (χ4n) is 1.38. The smallest absolute Gasteiger partial charge is 0.0615 e. The first-order valence-corrected chi connectivity index (χ1v) is 5.99. The lowest BCUT2D eigenvalue weighted by molar-refractivity contribution is 0.165. The minimum absolute atomic E-state index is 0.500. The molecule has 0 saturated carbocycles. The van der Waals surface area contributed by atoms with E-state index in [0.717, 1.165) is 26.0 Å². The molecule has 0 fully saturated rings. The van der Waals surface area contributed by atoms with E-state index in [0.29, 0.717) is 6.04 Å². The SMILES string of the molecule is CCC(COC)NCCc1cccs1. The van der Waals surface area contributed by atoms with Crippen LogP contribution in [-0.4, -0.2) is 26.3 Å². The summed E-state index contributed by atoms with van der Waals surface area (Å²) in [4.78, 5) is 1.45. The Bertz CT molecular complexity index is 223. The number of thiophene rings is 1. The van der Waals surface area contributed by atoms with Crippen molar-refractivity contribution in [2.24, 2.45) is 0 Å². The number of rotatable bonds is 7. The normalized spacial score (nSPS) is 13.0. The molecule has 2 nitrogen and oxygen atoms in total. The molecule has 1 heterocycles. The van der Waals surface area contributed by atoms with Gasteiger partial charge in [-0.2, -0.15) is 0 Å². The second-order valence-corrected chi connectivity index (χ2v) is 4.38. The first-order chi connectivity index (χ1) is 6.86. The molecule has 0 amide bonds. The number of ether oxygens (including phenoxy) is 1. The van der Waals surface area contributed by atoms with Gasteiger partial charge in [-0.05, 0) is 24.3 Å². The largest absolute Gasteiger partial charge is 0.383 e. The summed E-state index contributed by atoms with van der Waals surface area (Å²) in [6.07, 6.45) is 2.25. The van der Waals surface area contributed by atoms with Crippen molar-refractivity contribution in [1.82, 2.24) is 5.32 Å². The molecule has 14 heavy (non-hydrogen) atoms. The fraction of sp³-hybridized carbons (Fsp3) is 0.636. The van der Waals surface area contributed by atoms with E-state index >= 15 is 0 Å². The van der Waals surface area contributed by atoms with Crippen molar-refractivity contribution < 1.29 is 4.74 Å². The number of hydrogen-bond donors (Lipinski definition) is 1. The van der Waals surface area contributed by atoms with Gasteiger partial charge in [0.25, 0.3) is 0 Å². The van der Waals surface area contributed by atoms with Crippen LogP contribution >= 0.6 is 11.3 Å². The molecular weight excluding hydrogens is 194 g/mol. The third-order valence-corrected chi connectivity index (χ3v) is 3.18. The van der Waals surface area contributed by atoms with Crippen LogP contribution in [0.5, 0.6) is 0 Å². The van der Waals surface area contributed by atoms with Crippen molar-refractivity contribution in [2.75, 3.05) is 20.3 Å². The highest BCUT2D eigenvalue weighted by molar-refractivity contribution is 7.09. The topological polar surface area (TPSA) is 21.3 Å². The van der Waals surface area contributed by atoms with E-state index < -0.39 is 0 Å². The van der Waals surface area contributed by atoms with Crippen LogP contribution in [0.4, 0.5) is 0 Å². The highest BCUT2D eigenvalue weighted by atomic mass is 32.1. The molecule has 1 aromatic rings. The first-order valence-electron chi connectivity index (χ1n) is 5.11. The second kappa shape index (κ2) is 6.98. The lowest BCUT2D eigenvalue weighted by Crippen LogP contribution is -2.33. The van der Waals surface area contributed by atoms with Crippen LogP contribution in [0.3, 0.4) is 0 Å². The van der Waals surface area contributed by atoms with Crippen LogP contribution < -0.4 is 5.32 Å². The summed E-state index contributed by atoms with van der Waals surface area (Å²) in [6, 6.07) is 4.79. The Hall–Kier alpha value is -0.380. The number of hydrogen-bond acceptors (Lipinski definition) is 3. The molecule has 1 N–H and O–H groups in total. The van der Waals surface area contributed by atoms with E-state index in [9.17, 15) is 0 Å². The van der Waals surface area contributed by atoms with Gasteiger partial charge in [0.15, 0.2) is 0 Å². The highest BCUT2D eigenvalue weighted by Gasteiger charge is 2.03. The van der Waals surface area contributed by atoms with Crippen molar-refractivity contribution in [1.29, 1.82) is 0 Å². The van der Waals surface area contributed by atoms with E-state index in [2.05, 4.69) is 29.8 Å². The Morgan fingerprint density at radius 3 is 3.00 bits per heavy atom. The van der Waals surface area contributed by atoms with Crippen LogP contribution in [0, 0.1) is 0 Å². The van der Waals surface area contributed by atoms with Crippen LogP contribution in [0.15, 0.2) is 17.5 Å². The maximum Gasteiger partial charge on any atom is 0.0615 e. The molecular formula is C11H19NOS. The van der Waals surface area contributed by atoms with Gasteiger partial charge in [-0.3, -0.25) is 0 Å². The molecule has 1 atom stereocenters. The summed E-state index contributed by atoms with van der Waals surface area (Å²) in [5.74, 6) is 0. The van der Waals surface area contributed by atoms with Gasteiger partial charge in [0, 0.05) is 24.6 Å². The van der Waals surface area contributed by atoms with Crippen LogP contribution in [-0.2, 0) is 11.2 Å². The minimum Gasteiger partial charge on any atom is -0.383 e. The molecule has 1 unspecified atom stereocenters. The average Bonchev–Trinajstić information content (AvgIpc) is 2.69. The van der Waals surface area contributed by atoms with Crippen molar-refractivity contribution in [3.63, 3.8) is 0 Å². The number of nitrogens with one attached hydrogen (secondary N) is 1. The van der Waals surface area contributed by atoms with E-state index in [1.54, 1.807) is 7.11 Å². The quantitative estimate of drug-likeness (QED) is 0.750. The Morgan fingerprint density at radius 2 is 2.43 bits per heavy atom. The van der Waals surface area contributed by atoms with Crippen LogP contribution in [0.2, 0.25) is 0 Å². The standard InChI is InChI=1S/C11H19NOS/c1-3-10(9-13-2)12-7-6-11-5-4-8-14-11/h4-5,8,10,12H,3,6-7,9H2,1-2H3. The molecule has 0 radical (unpaired) electrons. The predicted molar refractivity (Wildman–Crippen MR) is 62.0 cm³/mol. The number of methoxy groups -OCH3 is 1. The maximum atomic E-state index is 5.12. The summed E-state index contributed by atoms with van der Waals surface area (Å²) in [5, 5.41) is 5.62. The third kappa shape index (κ3) is 4.22. The molecule has 0 bridgehead atoms. The molecule has 0 spiro atoms. The fourth-order valence-corrected chi connectivity index (χ4v) is 2.09. The summed E-state index contributed by atoms with van der Waals surface area (Å²) in [7, 11) is 1.75. The molecule has 1 rings (SSSR count). The van der Waals surface area contributed by atoms with Gasteiger partial charge in [0.05, 0.1) is 6.61 Å². The summed E-state index contributed by atoms with van der Waals surface area (Å²) < 4.78 is 5.12. The van der Waals surface area contributed by atoms with E-state index in [1.165, 1.54) is 4.88 Å². The molecule has 80 valence electrons. The van der Waals surface area contributed by atoms with Crippen molar-refractivity contribution >= 4 is 11.3 Å². The summed E-state index contributed by atoms with van der Waals surface area (Å²) in [6.45, 7) is 4.03. The molecule has 0 aliphatic carbocycles. The maximum absolute atomic E-state index is 5.12. The monoisotopic (exact) mass is 213 g/mol. The molecule has 0 aliphatic rings. The molecule has 0 saturated heterocycles. The van der Waals surface area contributed by atoms with Gasteiger partial charge in [0.2, 0.25) is 0 Å². The zero-order valence-electron chi connectivity index (χ0n) is 8.95. The zero-order valence-corrected chi connectivity index (χ0v) is 9.77. The molecule has 1 aromatic heterocycles. The lowest BCUT2D eigenvalue weighted by atomic mass is 10.2.